The van der Waals surface area contributed by atoms with E-state index in [1.807, 2.05) is 63.2 Å². The molecule has 0 saturated carbocycles. The number of nitrogens with zero attached hydrogens (tertiary/aromatic N) is 4. The summed E-state index contributed by atoms with van der Waals surface area (Å²) < 4.78 is 1.77. The van der Waals surface area contributed by atoms with Crippen LogP contribution < -0.4 is 10.6 Å². The Labute approximate surface area is 185 Å². The molecule has 2 aromatic heterocycles. The van der Waals surface area contributed by atoms with Gasteiger partial charge >= 0.3 is 6.03 Å². The summed E-state index contributed by atoms with van der Waals surface area (Å²) in [6.45, 7) is 7.94. The van der Waals surface area contributed by atoms with E-state index in [2.05, 4.69) is 38.7 Å². The highest BCUT2D eigenvalue weighted by atomic mass is 32.2. The average molecular weight is 433 g/mol. The quantitative estimate of drug-likeness (QED) is 0.412. The summed E-state index contributed by atoms with van der Waals surface area (Å²) in [5.74, 6) is 1.30. The minimum Gasteiger partial charge on any atom is -0.308 e. The van der Waals surface area contributed by atoms with Crippen LogP contribution in [-0.2, 0) is 6.42 Å². The molecule has 0 aliphatic rings. The maximum absolute atomic E-state index is 12.3. The van der Waals surface area contributed by atoms with Crippen molar-refractivity contribution in [3.63, 3.8) is 0 Å². The molecule has 0 aliphatic heterocycles. The molecule has 8 heteroatoms. The van der Waals surface area contributed by atoms with Crippen LogP contribution in [-0.4, -0.2) is 25.6 Å². The Hall–Kier alpha value is -3.39. The van der Waals surface area contributed by atoms with E-state index in [1.54, 1.807) is 16.3 Å². The number of carbonyl (C=O) groups is 1. The van der Waals surface area contributed by atoms with Gasteiger partial charge < -0.3 is 10.6 Å². The second-order valence-corrected chi connectivity index (χ2v) is 8.49. The van der Waals surface area contributed by atoms with Crippen LogP contribution in [0.15, 0.2) is 58.5 Å². The van der Waals surface area contributed by atoms with Crippen molar-refractivity contribution in [1.82, 2.24) is 19.6 Å². The first-order chi connectivity index (χ1) is 14.9. The third kappa shape index (κ3) is 5.03. The number of hydrogen-bond acceptors (Lipinski definition) is 5. The number of nitrogens with one attached hydrogen (secondary N) is 2. The molecule has 2 amide bonds. The lowest BCUT2D eigenvalue weighted by molar-refractivity contribution is 0.262. The number of rotatable bonds is 5. The van der Waals surface area contributed by atoms with Crippen LogP contribution in [0, 0.1) is 20.8 Å². The zero-order valence-electron chi connectivity index (χ0n) is 17.9. The minimum absolute atomic E-state index is 0.271. The Kier molecular flexibility index (Phi) is 5.90. The molecule has 7 nitrogen and oxygen atoms in total. The number of anilines is 2. The molecule has 4 rings (SSSR count). The maximum atomic E-state index is 12.3. The van der Waals surface area contributed by atoms with Gasteiger partial charge in [-0.25, -0.2) is 9.78 Å². The third-order valence-corrected chi connectivity index (χ3v) is 5.62. The molecule has 2 aromatic carbocycles. The Morgan fingerprint density at radius 2 is 1.61 bits per heavy atom. The first-order valence-electron chi connectivity index (χ1n) is 10.1. The number of fused-ring (bicyclic) bond motifs is 1. The summed E-state index contributed by atoms with van der Waals surface area (Å²) in [6.07, 6.45) is 0.828. The fourth-order valence-electron chi connectivity index (χ4n) is 3.31. The minimum atomic E-state index is -0.271. The summed E-state index contributed by atoms with van der Waals surface area (Å²) >= 11 is 1.59. The first kappa shape index (κ1) is 20.9. The normalized spacial score (nSPS) is 11.0. The standard InChI is InChI=1S/C23H24N6OS/c1-5-17-13-21(29-22(25-17)24-16(4)28-29)31-20-8-6-18(7-9-20)26-23(30)27-19-11-14(2)10-15(3)12-19/h6-13H,5H2,1-4H3,(H2,26,27,30). The van der Waals surface area contributed by atoms with E-state index in [1.165, 1.54) is 0 Å². The van der Waals surface area contributed by atoms with Crippen LogP contribution in [0.25, 0.3) is 5.78 Å². The summed E-state index contributed by atoms with van der Waals surface area (Å²) in [4.78, 5) is 22.3. The van der Waals surface area contributed by atoms with Gasteiger partial charge in [0.25, 0.3) is 5.78 Å². The van der Waals surface area contributed by atoms with Gasteiger partial charge in [-0.2, -0.15) is 9.50 Å². The van der Waals surface area contributed by atoms with Crippen molar-refractivity contribution in [2.24, 2.45) is 0 Å². The van der Waals surface area contributed by atoms with Crippen molar-refractivity contribution in [2.45, 2.75) is 44.0 Å². The summed E-state index contributed by atoms with van der Waals surface area (Å²) in [5, 5.41) is 11.2. The number of carbonyl (C=O) groups excluding carboxylic acids is 1. The molecule has 0 unspecified atom stereocenters. The fourth-order valence-corrected chi connectivity index (χ4v) is 4.23. The molecule has 2 N–H and O–H groups in total. The van der Waals surface area contributed by atoms with Crippen molar-refractivity contribution in [3.8, 4) is 0 Å². The number of amides is 2. The number of aryl methyl sites for hydroxylation is 4. The molecular formula is C23H24N6OS. The van der Waals surface area contributed by atoms with Gasteiger partial charge in [-0.15, -0.1) is 5.10 Å². The molecule has 158 valence electrons. The molecule has 31 heavy (non-hydrogen) atoms. The molecule has 0 fully saturated rings. The highest BCUT2D eigenvalue weighted by molar-refractivity contribution is 7.99. The van der Waals surface area contributed by atoms with Crippen LogP contribution in [0.2, 0.25) is 0 Å². The molecule has 0 aliphatic carbocycles. The fraction of sp³-hybridized carbons (Fsp3) is 0.217. The van der Waals surface area contributed by atoms with E-state index in [-0.39, 0.29) is 6.03 Å². The molecular weight excluding hydrogens is 408 g/mol. The predicted octanol–water partition coefficient (Wildman–Crippen LogP) is 5.41. The van der Waals surface area contributed by atoms with Crippen molar-refractivity contribution in [1.29, 1.82) is 0 Å². The van der Waals surface area contributed by atoms with Crippen LogP contribution in [0.4, 0.5) is 16.2 Å². The van der Waals surface area contributed by atoms with Gasteiger partial charge in [-0.1, -0.05) is 24.8 Å². The Bertz CT molecular complexity index is 1230. The average Bonchev–Trinajstić information content (AvgIpc) is 3.09. The number of aromatic nitrogens is 4. The van der Waals surface area contributed by atoms with E-state index in [4.69, 9.17) is 0 Å². The maximum Gasteiger partial charge on any atom is 0.323 e. The predicted molar refractivity (Wildman–Crippen MR) is 124 cm³/mol. The lowest BCUT2D eigenvalue weighted by Gasteiger charge is -2.10. The third-order valence-electron chi connectivity index (χ3n) is 4.61. The lowest BCUT2D eigenvalue weighted by Crippen LogP contribution is -2.19. The molecule has 0 spiro atoms. The van der Waals surface area contributed by atoms with Gasteiger partial charge in [0.1, 0.15) is 10.9 Å². The van der Waals surface area contributed by atoms with E-state index >= 15 is 0 Å². The van der Waals surface area contributed by atoms with Gasteiger partial charge in [-0.3, -0.25) is 0 Å². The number of urea groups is 1. The Balaban J connectivity index is 1.46. The summed E-state index contributed by atoms with van der Waals surface area (Å²) in [7, 11) is 0. The Morgan fingerprint density at radius 3 is 2.29 bits per heavy atom. The van der Waals surface area contributed by atoms with Gasteiger partial charge in [0, 0.05) is 22.0 Å². The second kappa shape index (κ2) is 8.77. The molecule has 0 bridgehead atoms. The molecule has 0 saturated heterocycles. The molecule has 0 radical (unpaired) electrons. The molecule has 0 atom stereocenters. The van der Waals surface area contributed by atoms with E-state index in [9.17, 15) is 4.79 Å². The van der Waals surface area contributed by atoms with Crippen molar-refractivity contribution in [2.75, 3.05) is 10.6 Å². The number of benzene rings is 2. The number of hydrogen-bond donors (Lipinski definition) is 2. The zero-order valence-corrected chi connectivity index (χ0v) is 18.7. The largest absolute Gasteiger partial charge is 0.323 e. The van der Waals surface area contributed by atoms with Crippen LogP contribution >= 0.6 is 11.8 Å². The van der Waals surface area contributed by atoms with E-state index < -0.39 is 0 Å². The summed E-state index contributed by atoms with van der Waals surface area (Å²) in [5.41, 5.74) is 4.69. The smallest absolute Gasteiger partial charge is 0.308 e. The van der Waals surface area contributed by atoms with E-state index in [0.29, 0.717) is 11.6 Å². The SMILES string of the molecule is CCc1cc(Sc2ccc(NC(=O)Nc3cc(C)cc(C)c3)cc2)n2nc(C)nc2n1. The van der Waals surface area contributed by atoms with Gasteiger partial charge in [0.2, 0.25) is 0 Å². The van der Waals surface area contributed by atoms with Crippen LogP contribution in [0.5, 0.6) is 0 Å². The highest BCUT2D eigenvalue weighted by Crippen LogP contribution is 2.29. The zero-order chi connectivity index (χ0) is 22.0. The summed E-state index contributed by atoms with van der Waals surface area (Å²) in [6, 6.07) is 15.4. The van der Waals surface area contributed by atoms with Gasteiger partial charge in [-0.05, 0) is 80.8 Å². The van der Waals surface area contributed by atoms with Crippen molar-refractivity contribution < 1.29 is 4.79 Å². The van der Waals surface area contributed by atoms with Crippen LogP contribution in [0.3, 0.4) is 0 Å². The lowest BCUT2D eigenvalue weighted by atomic mass is 10.1. The van der Waals surface area contributed by atoms with Gasteiger partial charge in [0.15, 0.2) is 0 Å². The second-order valence-electron chi connectivity index (χ2n) is 7.39. The highest BCUT2D eigenvalue weighted by Gasteiger charge is 2.11. The van der Waals surface area contributed by atoms with E-state index in [0.717, 1.165) is 44.5 Å². The topological polar surface area (TPSA) is 84.2 Å². The Morgan fingerprint density at radius 1 is 0.935 bits per heavy atom. The van der Waals surface area contributed by atoms with Gasteiger partial charge in [0.05, 0.1) is 0 Å². The molecule has 4 aromatic rings. The van der Waals surface area contributed by atoms with Crippen molar-refractivity contribution >= 4 is 34.9 Å². The molecule has 2 heterocycles. The van der Waals surface area contributed by atoms with Crippen molar-refractivity contribution in [3.05, 3.63) is 71.2 Å². The van der Waals surface area contributed by atoms with Crippen LogP contribution in [0.1, 0.15) is 29.6 Å². The first-order valence-corrected chi connectivity index (χ1v) is 10.9. The monoisotopic (exact) mass is 432 g/mol.